The maximum atomic E-state index is 12.3. The van der Waals surface area contributed by atoms with Crippen LogP contribution in [0.4, 0.5) is 0 Å². The van der Waals surface area contributed by atoms with Crippen molar-refractivity contribution in [1.29, 1.82) is 0 Å². The molecule has 0 aromatic heterocycles. The minimum Gasteiger partial charge on any atom is -0.289 e. The molecule has 0 bridgehead atoms. The SMILES string of the molecule is CCCCC/C(C)=C/CC1=C(C)C(=O)C(C)=C(C)C1=O. The van der Waals surface area contributed by atoms with Gasteiger partial charge < -0.3 is 0 Å². The van der Waals surface area contributed by atoms with Crippen LogP contribution < -0.4 is 0 Å². The Balaban J connectivity index is 2.79. The topological polar surface area (TPSA) is 34.1 Å². The number of hydrogen-bond acceptors (Lipinski definition) is 2. The summed E-state index contributed by atoms with van der Waals surface area (Å²) in [5, 5.41) is 0. The molecule has 110 valence electrons. The number of carbonyl (C=O) groups excluding carboxylic acids is 2. The number of ketones is 2. The van der Waals surface area contributed by atoms with E-state index in [4.69, 9.17) is 0 Å². The molecule has 0 atom stereocenters. The summed E-state index contributed by atoms with van der Waals surface area (Å²) in [5.74, 6) is 0.0614. The molecule has 20 heavy (non-hydrogen) atoms. The van der Waals surface area contributed by atoms with Gasteiger partial charge in [0.05, 0.1) is 0 Å². The summed E-state index contributed by atoms with van der Waals surface area (Å²) in [4.78, 5) is 24.3. The van der Waals surface area contributed by atoms with Gasteiger partial charge >= 0.3 is 0 Å². The Bertz CT molecular complexity index is 502. The van der Waals surface area contributed by atoms with Crippen molar-refractivity contribution < 1.29 is 9.59 Å². The lowest BCUT2D eigenvalue weighted by molar-refractivity contribution is -0.116. The van der Waals surface area contributed by atoms with Crippen molar-refractivity contribution in [3.8, 4) is 0 Å². The van der Waals surface area contributed by atoms with Gasteiger partial charge in [-0.15, -0.1) is 0 Å². The quantitative estimate of drug-likeness (QED) is 0.399. The molecular formula is C18H26O2. The molecule has 0 spiro atoms. The highest BCUT2D eigenvalue weighted by Crippen LogP contribution is 2.27. The fourth-order valence-corrected chi connectivity index (χ4v) is 2.43. The van der Waals surface area contributed by atoms with Gasteiger partial charge in [-0.2, -0.15) is 0 Å². The summed E-state index contributed by atoms with van der Waals surface area (Å²) in [6, 6.07) is 0. The van der Waals surface area contributed by atoms with Crippen LogP contribution in [-0.4, -0.2) is 11.6 Å². The highest BCUT2D eigenvalue weighted by molar-refractivity contribution is 6.24. The van der Waals surface area contributed by atoms with E-state index in [0.717, 1.165) is 6.42 Å². The Kier molecular flexibility index (Phi) is 6.12. The Morgan fingerprint density at radius 3 is 2.15 bits per heavy atom. The largest absolute Gasteiger partial charge is 0.289 e. The van der Waals surface area contributed by atoms with Crippen molar-refractivity contribution in [2.24, 2.45) is 0 Å². The number of hydrogen-bond donors (Lipinski definition) is 0. The molecule has 0 aromatic rings. The standard InChI is InChI=1S/C18H26O2/c1-6-7-8-9-12(2)10-11-16-15(5)17(19)13(3)14(4)18(16)20/h10H,6-9,11H2,1-5H3/b12-10+. The monoisotopic (exact) mass is 274 g/mol. The first kappa shape index (κ1) is 16.6. The van der Waals surface area contributed by atoms with Crippen LogP contribution in [0.3, 0.4) is 0 Å². The van der Waals surface area contributed by atoms with E-state index in [-0.39, 0.29) is 11.6 Å². The minimum absolute atomic E-state index is 0.0223. The molecule has 2 nitrogen and oxygen atoms in total. The Hall–Kier alpha value is -1.44. The molecule has 0 radical (unpaired) electrons. The number of Topliss-reactive ketones (excluding diaryl/α,β-unsaturated/α-hetero) is 2. The van der Waals surface area contributed by atoms with Crippen LogP contribution in [0, 0.1) is 0 Å². The lowest BCUT2D eigenvalue weighted by Gasteiger charge is -2.17. The second-order valence-electron chi connectivity index (χ2n) is 5.72. The molecule has 1 aliphatic rings. The molecule has 1 rings (SSSR count). The van der Waals surface area contributed by atoms with Gasteiger partial charge in [0.2, 0.25) is 0 Å². The maximum absolute atomic E-state index is 12.3. The Morgan fingerprint density at radius 2 is 1.55 bits per heavy atom. The van der Waals surface area contributed by atoms with Gasteiger partial charge in [-0.1, -0.05) is 31.4 Å². The first-order chi connectivity index (χ1) is 9.40. The second kappa shape index (κ2) is 7.37. The number of unbranched alkanes of at least 4 members (excludes halogenated alkanes) is 2. The third-order valence-electron chi connectivity index (χ3n) is 4.14. The average molecular weight is 274 g/mol. The van der Waals surface area contributed by atoms with Gasteiger partial charge in [0.1, 0.15) is 0 Å². The molecule has 0 saturated heterocycles. The third-order valence-corrected chi connectivity index (χ3v) is 4.14. The zero-order valence-corrected chi connectivity index (χ0v) is 13.4. The van der Waals surface area contributed by atoms with Crippen molar-refractivity contribution in [2.45, 2.75) is 66.7 Å². The van der Waals surface area contributed by atoms with E-state index in [9.17, 15) is 9.59 Å². The van der Waals surface area contributed by atoms with Gasteiger partial charge in [0, 0.05) is 22.3 Å². The maximum Gasteiger partial charge on any atom is 0.185 e. The van der Waals surface area contributed by atoms with Crippen molar-refractivity contribution in [3.63, 3.8) is 0 Å². The van der Waals surface area contributed by atoms with Gasteiger partial charge in [0.25, 0.3) is 0 Å². The minimum atomic E-state index is 0.0223. The molecule has 0 amide bonds. The van der Waals surface area contributed by atoms with Crippen molar-refractivity contribution in [2.75, 3.05) is 0 Å². The van der Waals surface area contributed by atoms with Crippen molar-refractivity contribution in [3.05, 3.63) is 33.9 Å². The first-order valence-corrected chi connectivity index (χ1v) is 7.52. The number of rotatable bonds is 6. The molecule has 0 fully saturated rings. The average Bonchev–Trinajstić information content (AvgIpc) is 2.43. The number of allylic oxidation sites excluding steroid dienone is 6. The second-order valence-corrected chi connectivity index (χ2v) is 5.72. The van der Waals surface area contributed by atoms with Crippen molar-refractivity contribution >= 4 is 11.6 Å². The normalized spacial score (nSPS) is 17.4. The molecule has 0 unspecified atom stereocenters. The summed E-state index contributed by atoms with van der Waals surface area (Å²) in [6.45, 7) is 9.55. The van der Waals surface area contributed by atoms with Crippen LogP contribution in [0.5, 0.6) is 0 Å². The highest BCUT2D eigenvalue weighted by Gasteiger charge is 2.26. The molecule has 2 heteroatoms. The van der Waals surface area contributed by atoms with Crippen LogP contribution in [0.1, 0.15) is 66.7 Å². The Morgan fingerprint density at radius 1 is 0.950 bits per heavy atom. The van der Waals surface area contributed by atoms with Crippen LogP contribution in [0.15, 0.2) is 33.9 Å². The van der Waals surface area contributed by atoms with Gasteiger partial charge in [-0.05, 0) is 47.0 Å². The molecule has 0 aliphatic heterocycles. The van der Waals surface area contributed by atoms with E-state index in [1.165, 1.54) is 24.8 Å². The summed E-state index contributed by atoms with van der Waals surface area (Å²) < 4.78 is 0. The van der Waals surface area contributed by atoms with E-state index in [1.807, 2.05) is 0 Å². The molecule has 0 saturated carbocycles. The third kappa shape index (κ3) is 3.78. The fraction of sp³-hybridized carbons (Fsp3) is 0.556. The summed E-state index contributed by atoms with van der Waals surface area (Å²) in [6.07, 6.45) is 7.42. The van der Waals surface area contributed by atoms with Crippen LogP contribution in [-0.2, 0) is 9.59 Å². The molecular weight excluding hydrogens is 248 g/mol. The van der Waals surface area contributed by atoms with E-state index in [0.29, 0.717) is 28.7 Å². The smallest absolute Gasteiger partial charge is 0.185 e. The van der Waals surface area contributed by atoms with Gasteiger partial charge in [-0.3, -0.25) is 9.59 Å². The molecule has 0 heterocycles. The summed E-state index contributed by atoms with van der Waals surface area (Å²) in [5.41, 5.74) is 3.80. The molecule has 0 aromatic carbocycles. The van der Waals surface area contributed by atoms with E-state index in [1.54, 1.807) is 20.8 Å². The Labute approximate surface area is 122 Å². The summed E-state index contributed by atoms with van der Waals surface area (Å²) in [7, 11) is 0. The predicted octanol–water partition coefficient (Wildman–Crippen LogP) is 4.71. The first-order valence-electron chi connectivity index (χ1n) is 7.52. The summed E-state index contributed by atoms with van der Waals surface area (Å²) >= 11 is 0. The van der Waals surface area contributed by atoms with Crippen LogP contribution in [0.2, 0.25) is 0 Å². The number of carbonyl (C=O) groups is 2. The van der Waals surface area contributed by atoms with E-state index < -0.39 is 0 Å². The molecule has 1 aliphatic carbocycles. The highest BCUT2D eigenvalue weighted by atomic mass is 16.1. The zero-order chi connectivity index (χ0) is 15.3. The van der Waals surface area contributed by atoms with E-state index in [2.05, 4.69) is 19.9 Å². The predicted molar refractivity (Wildman–Crippen MR) is 83.6 cm³/mol. The van der Waals surface area contributed by atoms with Crippen LogP contribution >= 0.6 is 0 Å². The lowest BCUT2D eigenvalue weighted by Crippen LogP contribution is -2.20. The fourth-order valence-electron chi connectivity index (χ4n) is 2.43. The lowest BCUT2D eigenvalue weighted by atomic mass is 9.84. The van der Waals surface area contributed by atoms with E-state index >= 15 is 0 Å². The molecule has 0 N–H and O–H groups in total. The van der Waals surface area contributed by atoms with Gasteiger partial charge in [0.15, 0.2) is 11.6 Å². The van der Waals surface area contributed by atoms with Crippen LogP contribution in [0.25, 0.3) is 0 Å². The van der Waals surface area contributed by atoms with Crippen molar-refractivity contribution in [1.82, 2.24) is 0 Å². The van der Waals surface area contributed by atoms with Gasteiger partial charge in [-0.25, -0.2) is 0 Å². The zero-order valence-electron chi connectivity index (χ0n) is 13.4.